The molecule has 4 nitrogen and oxygen atoms in total. The number of hydrogen-bond acceptors (Lipinski definition) is 2. The Morgan fingerprint density at radius 3 is 1.96 bits per heavy atom. The van der Waals surface area contributed by atoms with Crippen LogP contribution in [-0.4, -0.2) is 22.2 Å². The number of hydrogen-bond donors (Lipinski definition) is 2. The summed E-state index contributed by atoms with van der Waals surface area (Å²) in [6.07, 6.45) is 6.39. The van der Waals surface area contributed by atoms with E-state index >= 15 is 0 Å². The number of benzene rings is 2. The van der Waals surface area contributed by atoms with E-state index < -0.39 is 11.9 Å². The molecule has 0 spiro atoms. The normalized spacial score (nSPS) is 11.0. The van der Waals surface area contributed by atoms with E-state index in [1.807, 2.05) is 36.4 Å². The third-order valence-corrected chi connectivity index (χ3v) is 4.40. The number of aryl methyl sites for hydroxylation is 1. The lowest BCUT2D eigenvalue weighted by molar-refractivity contribution is -0.138. The van der Waals surface area contributed by atoms with E-state index in [-0.39, 0.29) is 12.8 Å². The van der Waals surface area contributed by atoms with Gasteiger partial charge in [0.25, 0.3) is 0 Å². The van der Waals surface area contributed by atoms with Gasteiger partial charge in [-0.15, -0.1) is 6.58 Å². The van der Waals surface area contributed by atoms with Gasteiger partial charge in [0.1, 0.15) is 0 Å². The monoisotopic (exact) mass is 382 g/mol. The Hall–Kier alpha value is -2.88. The summed E-state index contributed by atoms with van der Waals surface area (Å²) >= 11 is 0. The highest BCUT2D eigenvalue weighted by Crippen LogP contribution is 2.26. The van der Waals surface area contributed by atoms with Crippen LogP contribution in [0, 0.1) is 0 Å². The maximum Gasteiger partial charge on any atom is 0.303 e. The lowest BCUT2D eigenvalue weighted by Crippen LogP contribution is -2.05. The van der Waals surface area contributed by atoms with E-state index in [9.17, 15) is 9.59 Å². The van der Waals surface area contributed by atoms with E-state index in [0.717, 1.165) is 19.3 Å². The predicted molar refractivity (Wildman–Crippen MR) is 112 cm³/mol. The molecule has 4 heteroatoms. The maximum atomic E-state index is 10.8. The minimum atomic E-state index is -0.730. The Morgan fingerprint density at radius 2 is 1.43 bits per heavy atom. The van der Waals surface area contributed by atoms with Crippen molar-refractivity contribution in [3.8, 4) is 0 Å². The molecule has 0 aliphatic rings. The minimum absolute atomic E-state index is 0.231. The molecule has 1 unspecified atom stereocenters. The first-order valence-electron chi connectivity index (χ1n) is 9.66. The molecule has 2 N–H and O–H groups in total. The van der Waals surface area contributed by atoms with Crippen LogP contribution in [0.15, 0.2) is 73.3 Å². The van der Waals surface area contributed by atoms with Crippen molar-refractivity contribution in [3.05, 3.63) is 84.4 Å². The Balaban J connectivity index is 0.000000416. The Bertz CT molecular complexity index is 695. The molecule has 2 rings (SSSR count). The summed E-state index contributed by atoms with van der Waals surface area (Å²) < 4.78 is 0. The third kappa shape index (κ3) is 11.0. The molecule has 0 aliphatic heterocycles. The van der Waals surface area contributed by atoms with Crippen molar-refractivity contribution >= 4 is 11.9 Å². The number of carboxylic acids is 2. The maximum absolute atomic E-state index is 10.8. The van der Waals surface area contributed by atoms with Crippen LogP contribution in [0.2, 0.25) is 0 Å². The SMILES string of the molecule is C=CCCCC(=O)O.O=C(O)CCC(CCc1ccccc1)c1ccccc1. The van der Waals surface area contributed by atoms with Crippen molar-refractivity contribution in [2.75, 3.05) is 0 Å². The average Bonchev–Trinajstić information content (AvgIpc) is 2.70. The standard InChI is InChI=1S/C18H20O2.C6H10O2/c19-18(20)14-13-17(16-9-5-2-6-10-16)12-11-15-7-3-1-4-8-15;1-2-3-4-5-6(7)8/h1-10,17H,11-14H2,(H,19,20);2H,1,3-5H2,(H,7,8). The first-order chi connectivity index (χ1) is 13.5. The number of carbonyl (C=O) groups is 2. The van der Waals surface area contributed by atoms with Crippen LogP contribution < -0.4 is 0 Å². The molecule has 0 saturated carbocycles. The molecule has 0 radical (unpaired) electrons. The first-order valence-corrected chi connectivity index (χ1v) is 9.66. The predicted octanol–water partition coefficient (Wildman–Crippen LogP) is 5.70. The van der Waals surface area contributed by atoms with E-state index in [0.29, 0.717) is 18.8 Å². The molecule has 0 aliphatic carbocycles. The highest BCUT2D eigenvalue weighted by atomic mass is 16.4. The van der Waals surface area contributed by atoms with Crippen molar-refractivity contribution in [1.29, 1.82) is 0 Å². The highest BCUT2D eigenvalue weighted by Gasteiger charge is 2.13. The lowest BCUT2D eigenvalue weighted by Gasteiger charge is -2.16. The van der Waals surface area contributed by atoms with Crippen molar-refractivity contribution in [2.45, 2.75) is 50.9 Å². The van der Waals surface area contributed by atoms with Crippen LogP contribution in [-0.2, 0) is 16.0 Å². The molecule has 0 fully saturated rings. The highest BCUT2D eigenvalue weighted by molar-refractivity contribution is 5.67. The summed E-state index contributed by atoms with van der Waals surface area (Å²) in [5, 5.41) is 17.0. The number of aliphatic carboxylic acids is 2. The Labute approximate surface area is 167 Å². The topological polar surface area (TPSA) is 74.6 Å². The van der Waals surface area contributed by atoms with Gasteiger partial charge < -0.3 is 10.2 Å². The molecular formula is C24H30O4. The van der Waals surface area contributed by atoms with E-state index in [2.05, 4.69) is 30.8 Å². The molecule has 1 atom stereocenters. The van der Waals surface area contributed by atoms with Gasteiger partial charge >= 0.3 is 11.9 Å². The number of carboxylic acid groups (broad SMARTS) is 2. The quantitative estimate of drug-likeness (QED) is 0.386. The van der Waals surface area contributed by atoms with Crippen molar-refractivity contribution < 1.29 is 19.8 Å². The number of rotatable bonds is 11. The summed E-state index contributed by atoms with van der Waals surface area (Å²) in [6.45, 7) is 3.46. The molecule has 0 amide bonds. The van der Waals surface area contributed by atoms with Crippen molar-refractivity contribution in [2.24, 2.45) is 0 Å². The summed E-state index contributed by atoms with van der Waals surface area (Å²) in [4.78, 5) is 20.6. The minimum Gasteiger partial charge on any atom is -0.481 e. The van der Waals surface area contributed by atoms with Gasteiger partial charge in [-0.25, -0.2) is 0 Å². The first kappa shape index (κ1) is 23.2. The fraction of sp³-hybridized carbons (Fsp3) is 0.333. The van der Waals surface area contributed by atoms with Crippen LogP contribution in [0.25, 0.3) is 0 Å². The molecule has 150 valence electrons. The zero-order valence-corrected chi connectivity index (χ0v) is 16.3. The molecule has 0 aromatic heterocycles. The molecule has 2 aromatic carbocycles. The summed E-state index contributed by atoms with van der Waals surface area (Å²) in [5.74, 6) is -1.13. The number of unbranched alkanes of at least 4 members (excludes halogenated alkanes) is 1. The second-order valence-electron chi connectivity index (χ2n) is 6.64. The smallest absolute Gasteiger partial charge is 0.303 e. The fourth-order valence-electron chi connectivity index (χ4n) is 2.88. The van der Waals surface area contributed by atoms with Gasteiger partial charge in [-0.3, -0.25) is 9.59 Å². The molecule has 0 heterocycles. The van der Waals surface area contributed by atoms with Crippen LogP contribution in [0.1, 0.15) is 55.6 Å². The third-order valence-electron chi connectivity index (χ3n) is 4.40. The summed E-state index contributed by atoms with van der Waals surface area (Å²) in [7, 11) is 0. The van der Waals surface area contributed by atoms with Gasteiger partial charge in [-0.2, -0.15) is 0 Å². The van der Waals surface area contributed by atoms with Gasteiger partial charge in [-0.1, -0.05) is 66.7 Å². The van der Waals surface area contributed by atoms with Crippen molar-refractivity contribution in [3.63, 3.8) is 0 Å². The van der Waals surface area contributed by atoms with Gasteiger partial charge in [0.05, 0.1) is 0 Å². The Morgan fingerprint density at radius 1 is 0.857 bits per heavy atom. The van der Waals surface area contributed by atoms with E-state index in [4.69, 9.17) is 10.2 Å². The summed E-state index contributed by atoms with van der Waals surface area (Å²) in [6, 6.07) is 20.6. The van der Waals surface area contributed by atoms with Gasteiger partial charge in [0.15, 0.2) is 0 Å². The van der Waals surface area contributed by atoms with Gasteiger partial charge in [-0.05, 0) is 49.1 Å². The van der Waals surface area contributed by atoms with Crippen LogP contribution in [0.5, 0.6) is 0 Å². The van der Waals surface area contributed by atoms with E-state index in [1.165, 1.54) is 11.1 Å². The molecular weight excluding hydrogens is 352 g/mol. The molecule has 28 heavy (non-hydrogen) atoms. The fourth-order valence-corrected chi connectivity index (χ4v) is 2.88. The van der Waals surface area contributed by atoms with Gasteiger partial charge in [0.2, 0.25) is 0 Å². The zero-order chi connectivity index (χ0) is 20.6. The Kier molecular flexibility index (Phi) is 11.8. The molecule has 0 bridgehead atoms. The largest absolute Gasteiger partial charge is 0.481 e. The van der Waals surface area contributed by atoms with Crippen LogP contribution in [0.3, 0.4) is 0 Å². The second-order valence-corrected chi connectivity index (χ2v) is 6.64. The van der Waals surface area contributed by atoms with Gasteiger partial charge in [0, 0.05) is 12.8 Å². The van der Waals surface area contributed by atoms with Crippen molar-refractivity contribution in [1.82, 2.24) is 0 Å². The second kappa shape index (κ2) is 14.2. The zero-order valence-electron chi connectivity index (χ0n) is 16.3. The molecule has 0 saturated heterocycles. The average molecular weight is 382 g/mol. The summed E-state index contributed by atoms with van der Waals surface area (Å²) in [5.41, 5.74) is 2.55. The van der Waals surface area contributed by atoms with Crippen LogP contribution >= 0.6 is 0 Å². The van der Waals surface area contributed by atoms with E-state index in [1.54, 1.807) is 6.08 Å². The molecule has 2 aromatic rings. The lowest BCUT2D eigenvalue weighted by atomic mass is 9.88. The number of allylic oxidation sites excluding steroid dienone is 1. The van der Waals surface area contributed by atoms with Crippen LogP contribution in [0.4, 0.5) is 0 Å².